The summed E-state index contributed by atoms with van der Waals surface area (Å²) in [4.78, 5) is 13.2. The number of carbonyl (C=O) groups excluding carboxylic acids is 1. The number of ketones is 1. The average Bonchev–Trinajstić information content (AvgIpc) is 3.23. The van der Waals surface area contributed by atoms with E-state index >= 15 is 0 Å². The maximum absolute atomic E-state index is 13.2. The van der Waals surface area contributed by atoms with Gasteiger partial charge >= 0.3 is 0 Å². The Morgan fingerprint density at radius 2 is 2.00 bits per heavy atom. The number of aromatic hydroxyl groups is 1. The number of aliphatic hydroxyl groups excluding tert-OH is 2. The lowest BCUT2D eigenvalue weighted by molar-refractivity contribution is -0.137. The van der Waals surface area contributed by atoms with Crippen LogP contribution in [0.3, 0.4) is 0 Å². The van der Waals surface area contributed by atoms with Gasteiger partial charge in [-0.15, -0.1) is 0 Å². The zero-order valence-electron chi connectivity index (χ0n) is 13.8. The molecule has 1 aromatic carbocycles. The molecule has 0 radical (unpaired) electrons. The molecule has 6 nitrogen and oxygen atoms in total. The lowest BCUT2D eigenvalue weighted by Crippen LogP contribution is -2.63. The van der Waals surface area contributed by atoms with Crippen molar-refractivity contribution in [2.45, 2.75) is 55.2 Å². The first-order valence-electron chi connectivity index (χ1n) is 8.59. The molecule has 6 unspecified atom stereocenters. The van der Waals surface area contributed by atoms with Crippen molar-refractivity contribution in [1.29, 1.82) is 0 Å². The van der Waals surface area contributed by atoms with E-state index < -0.39 is 34.9 Å². The van der Waals surface area contributed by atoms with Crippen molar-refractivity contribution in [3.05, 3.63) is 41.0 Å². The molecule has 1 saturated carbocycles. The molecule has 1 aliphatic heterocycles. The number of rotatable bonds is 0. The van der Waals surface area contributed by atoms with Gasteiger partial charge in [0.05, 0.1) is 23.2 Å². The van der Waals surface area contributed by atoms with Crippen LogP contribution in [-0.4, -0.2) is 49.1 Å². The minimum atomic E-state index is -1.35. The van der Waals surface area contributed by atoms with Gasteiger partial charge in [0.25, 0.3) is 0 Å². The molecule has 0 spiro atoms. The molecule has 0 aromatic heterocycles. The molecule has 6 heteroatoms. The monoisotopic (exact) mass is 344 g/mol. The van der Waals surface area contributed by atoms with Crippen molar-refractivity contribution in [1.82, 2.24) is 0 Å². The smallest absolute Gasteiger partial charge is 0.201 e. The second-order valence-electron chi connectivity index (χ2n) is 7.96. The van der Waals surface area contributed by atoms with Crippen LogP contribution >= 0.6 is 0 Å². The summed E-state index contributed by atoms with van der Waals surface area (Å²) in [6.45, 7) is 1.85. The Labute approximate surface area is 144 Å². The van der Waals surface area contributed by atoms with Crippen LogP contribution in [0.2, 0.25) is 0 Å². The molecular weight excluding hydrogens is 324 g/mol. The van der Waals surface area contributed by atoms with Gasteiger partial charge in [0.2, 0.25) is 5.78 Å². The molecule has 0 amide bonds. The second kappa shape index (κ2) is 4.32. The molecule has 3 aliphatic carbocycles. The fourth-order valence-corrected chi connectivity index (χ4v) is 5.72. The Kier molecular flexibility index (Phi) is 2.68. The summed E-state index contributed by atoms with van der Waals surface area (Å²) < 4.78 is 5.96. The highest BCUT2D eigenvalue weighted by Gasteiger charge is 2.87. The van der Waals surface area contributed by atoms with Gasteiger partial charge in [-0.25, -0.2) is 0 Å². The highest BCUT2D eigenvalue weighted by molar-refractivity contribution is 6.10. The van der Waals surface area contributed by atoms with Crippen molar-refractivity contribution in [3.63, 3.8) is 0 Å². The van der Waals surface area contributed by atoms with Crippen LogP contribution in [-0.2, 0) is 4.74 Å². The predicted molar refractivity (Wildman–Crippen MR) is 86.0 cm³/mol. The van der Waals surface area contributed by atoms with Gasteiger partial charge in [-0.05, 0) is 37.8 Å². The number of aliphatic hydroxyl groups is 3. The Balaban J connectivity index is 1.74. The summed E-state index contributed by atoms with van der Waals surface area (Å²) in [5.74, 6) is -1.35. The summed E-state index contributed by atoms with van der Waals surface area (Å²) in [5, 5.41) is 43.1. The largest absolute Gasteiger partial charge is 0.507 e. The van der Waals surface area contributed by atoms with E-state index in [2.05, 4.69) is 0 Å². The third kappa shape index (κ3) is 1.53. The van der Waals surface area contributed by atoms with Gasteiger partial charge in [0, 0.05) is 0 Å². The quantitative estimate of drug-likeness (QED) is 0.412. The number of hydrogen-bond donors (Lipinski definition) is 4. The fourth-order valence-electron chi connectivity index (χ4n) is 5.72. The van der Waals surface area contributed by atoms with Gasteiger partial charge in [-0.2, -0.15) is 0 Å². The van der Waals surface area contributed by atoms with E-state index in [-0.39, 0.29) is 23.5 Å². The number of epoxide rings is 1. The minimum absolute atomic E-state index is 0.0885. The number of carbonyl (C=O) groups is 1. The molecule has 4 N–H and O–H groups in total. The zero-order valence-corrected chi connectivity index (χ0v) is 13.8. The Morgan fingerprint density at radius 1 is 1.24 bits per heavy atom. The van der Waals surface area contributed by atoms with Crippen molar-refractivity contribution in [2.24, 2.45) is 5.92 Å². The van der Waals surface area contributed by atoms with Crippen LogP contribution in [0.25, 0.3) is 0 Å². The third-order valence-electron chi connectivity index (χ3n) is 6.63. The molecule has 2 fully saturated rings. The van der Waals surface area contributed by atoms with Gasteiger partial charge in [0.15, 0.2) is 5.60 Å². The van der Waals surface area contributed by atoms with E-state index in [1.165, 1.54) is 6.07 Å². The van der Waals surface area contributed by atoms with Gasteiger partial charge in [-0.1, -0.05) is 23.8 Å². The Morgan fingerprint density at radius 3 is 2.76 bits per heavy atom. The molecule has 4 aliphatic rings. The molecule has 25 heavy (non-hydrogen) atoms. The number of benzene rings is 1. The van der Waals surface area contributed by atoms with Crippen molar-refractivity contribution in [3.8, 4) is 5.75 Å². The van der Waals surface area contributed by atoms with Crippen LogP contribution in [0.5, 0.6) is 5.75 Å². The molecule has 5 rings (SSSR count). The fraction of sp³-hybridized carbons (Fsp3) is 0.526. The van der Waals surface area contributed by atoms with E-state index in [0.717, 1.165) is 5.57 Å². The second-order valence-corrected chi connectivity index (χ2v) is 7.96. The molecule has 1 aromatic rings. The van der Waals surface area contributed by atoms with Crippen LogP contribution in [0.15, 0.2) is 29.8 Å². The van der Waals surface area contributed by atoms with Gasteiger partial charge in [0.1, 0.15) is 17.5 Å². The van der Waals surface area contributed by atoms with Gasteiger partial charge in [-0.3, -0.25) is 4.79 Å². The number of Topliss-reactive ketones (excluding diaryl/α,β-unsaturated/α-hetero) is 1. The normalized spacial score (nSPS) is 47.1. The van der Waals surface area contributed by atoms with Crippen molar-refractivity contribution >= 4 is 5.78 Å². The molecule has 132 valence electrons. The number of fused-ring (bicyclic) bond motifs is 2. The lowest BCUT2D eigenvalue weighted by Gasteiger charge is -2.51. The topological polar surface area (TPSA) is 111 Å². The van der Waals surface area contributed by atoms with Crippen LogP contribution in [0, 0.1) is 5.92 Å². The minimum Gasteiger partial charge on any atom is -0.507 e. The molecule has 1 saturated heterocycles. The zero-order chi connectivity index (χ0) is 17.8. The lowest BCUT2D eigenvalue weighted by atomic mass is 9.53. The highest BCUT2D eigenvalue weighted by atomic mass is 16.7. The molecule has 1 heterocycles. The first-order valence-corrected chi connectivity index (χ1v) is 8.59. The number of hydrogen-bond acceptors (Lipinski definition) is 6. The maximum Gasteiger partial charge on any atom is 0.201 e. The van der Waals surface area contributed by atoms with E-state index in [9.17, 15) is 25.2 Å². The number of phenols is 1. The summed E-state index contributed by atoms with van der Waals surface area (Å²) in [6.07, 6.45) is 0.380. The molecular formula is C19H20O6. The van der Waals surface area contributed by atoms with Crippen molar-refractivity contribution < 1.29 is 30.0 Å². The molecule has 6 atom stereocenters. The predicted octanol–water partition coefficient (Wildman–Crippen LogP) is 0.982. The van der Waals surface area contributed by atoms with Crippen molar-refractivity contribution in [2.75, 3.05) is 0 Å². The Bertz CT molecular complexity index is 846. The van der Waals surface area contributed by atoms with E-state index in [1.54, 1.807) is 18.2 Å². The summed E-state index contributed by atoms with van der Waals surface area (Å²) in [5.41, 5.74) is -2.60. The summed E-state index contributed by atoms with van der Waals surface area (Å²) in [7, 11) is 0. The number of ether oxygens (including phenoxy) is 1. The first kappa shape index (κ1) is 15.5. The van der Waals surface area contributed by atoms with E-state index in [4.69, 9.17) is 4.74 Å². The maximum atomic E-state index is 13.2. The van der Waals surface area contributed by atoms with E-state index in [0.29, 0.717) is 18.4 Å². The number of phenolic OH excluding ortho intramolecular Hbond substituents is 1. The SMILES string of the molecule is CC1=CC(O)C2C(O)(CCC34OC23C(O)c2cccc(O)c2C4=O)C1. The highest BCUT2D eigenvalue weighted by Crippen LogP contribution is 2.72. The standard InChI is InChI=1S/C19H20O6/c1-9-7-12(21)14-17(24,8-9)5-6-18-16(23)13-10(3-2-4-11(13)20)15(22)19(14,18)25-18/h2-4,7,12,14-15,20-22,24H,5-6,8H2,1H3. The van der Waals surface area contributed by atoms with Crippen LogP contribution in [0.4, 0.5) is 0 Å². The van der Waals surface area contributed by atoms with Gasteiger partial charge < -0.3 is 25.2 Å². The van der Waals surface area contributed by atoms with Crippen LogP contribution < -0.4 is 0 Å². The van der Waals surface area contributed by atoms with E-state index in [1.807, 2.05) is 6.92 Å². The summed E-state index contributed by atoms with van der Waals surface area (Å²) in [6, 6.07) is 4.56. The van der Waals surface area contributed by atoms with Crippen LogP contribution in [0.1, 0.15) is 48.2 Å². The Hall–Kier alpha value is -1.73. The molecule has 0 bridgehead atoms. The first-order chi connectivity index (χ1) is 11.8. The third-order valence-corrected chi connectivity index (χ3v) is 6.63. The average molecular weight is 344 g/mol. The summed E-state index contributed by atoms with van der Waals surface area (Å²) >= 11 is 0.